The fraction of sp³-hybridized carbons (Fsp3) is 0.667. The number of aromatic nitrogens is 4. The van der Waals surface area contributed by atoms with Crippen LogP contribution < -0.4 is 0 Å². The lowest BCUT2D eigenvalue weighted by atomic mass is 9.60. The van der Waals surface area contributed by atoms with Crippen molar-refractivity contribution in [2.24, 2.45) is 23.2 Å². The summed E-state index contributed by atoms with van der Waals surface area (Å²) in [4.78, 5) is 0. The van der Waals surface area contributed by atoms with Gasteiger partial charge in [-0.25, -0.2) is 17.9 Å². The van der Waals surface area contributed by atoms with Crippen LogP contribution in [0.1, 0.15) is 72.6 Å². The van der Waals surface area contributed by atoms with Crippen LogP contribution in [0.2, 0.25) is 0 Å². The molecule has 1 heterocycles. The summed E-state index contributed by atoms with van der Waals surface area (Å²) in [5, 5.41) is 21.9. The molecule has 1 aromatic carbocycles. The van der Waals surface area contributed by atoms with Crippen LogP contribution in [0.4, 0.5) is 13.2 Å². The van der Waals surface area contributed by atoms with Crippen molar-refractivity contribution in [2.45, 2.75) is 90.7 Å². The molecule has 35 heavy (non-hydrogen) atoms. The molecule has 0 bridgehead atoms. The standard InChI is InChI=1S/C27H37F3N4O/c1-18(12-15-27(29,30)25(2,3)35)22-10-11-23-19(8-6-14-26(22,23)4)13-16-34-24(31-32-33-34)20-7-5-9-21(28)17-20/h5,7,9,13,17-18,22-23,35H,6,8,10-12,14-16H2,1-4H3/b19-13+/t18-,22-,23+,26-/m1/s1. The Bertz CT molecular complexity index is 1060. The minimum absolute atomic E-state index is 0.0829. The maximum absolute atomic E-state index is 14.4. The number of tetrazole rings is 1. The van der Waals surface area contributed by atoms with Crippen LogP contribution in [0.25, 0.3) is 11.4 Å². The Labute approximate surface area is 205 Å². The number of benzene rings is 1. The third-order valence-electron chi connectivity index (χ3n) is 8.67. The Kier molecular flexibility index (Phi) is 7.15. The third-order valence-corrected chi connectivity index (χ3v) is 8.67. The fourth-order valence-corrected chi connectivity index (χ4v) is 6.54. The number of hydrogen-bond donors (Lipinski definition) is 1. The molecule has 4 atom stereocenters. The number of fused-ring (bicyclic) bond motifs is 1. The number of nitrogens with zero attached hydrogens (tertiary/aromatic N) is 4. The zero-order valence-corrected chi connectivity index (χ0v) is 21.1. The van der Waals surface area contributed by atoms with E-state index in [2.05, 4.69) is 35.4 Å². The second-order valence-electron chi connectivity index (χ2n) is 11.3. The molecule has 2 saturated carbocycles. The molecule has 0 unspecified atom stereocenters. The van der Waals surface area contributed by atoms with Gasteiger partial charge < -0.3 is 5.11 Å². The average Bonchev–Trinajstić information content (AvgIpc) is 3.39. The van der Waals surface area contributed by atoms with Gasteiger partial charge in [0, 0.05) is 12.0 Å². The summed E-state index contributed by atoms with van der Waals surface area (Å²) >= 11 is 0. The smallest absolute Gasteiger partial charge is 0.275 e. The molecule has 0 amide bonds. The van der Waals surface area contributed by atoms with Crippen LogP contribution in [0.3, 0.4) is 0 Å². The zero-order valence-electron chi connectivity index (χ0n) is 21.1. The summed E-state index contributed by atoms with van der Waals surface area (Å²) in [6.45, 7) is 7.32. The highest BCUT2D eigenvalue weighted by molar-refractivity contribution is 5.54. The van der Waals surface area contributed by atoms with Gasteiger partial charge in [0.25, 0.3) is 5.92 Å². The van der Waals surface area contributed by atoms with Gasteiger partial charge in [-0.3, -0.25) is 0 Å². The quantitative estimate of drug-likeness (QED) is 0.432. The van der Waals surface area contributed by atoms with E-state index in [0.29, 0.717) is 36.2 Å². The van der Waals surface area contributed by atoms with Crippen molar-refractivity contribution in [3.63, 3.8) is 0 Å². The van der Waals surface area contributed by atoms with Crippen molar-refractivity contribution in [1.29, 1.82) is 0 Å². The molecule has 5 nitrogen and oxygen atoms in total. The van der Waals surface area contributed by atoms with Crippen molar-refractivity contribution in [3.8, 4) is 11.4 Å². The van der Waals surface area contributed by atoms with E-state index in [9.17, 15) is 18.3 Å². The van der Waals surface area contributed by atoms with Crippen LogP contribution in [0.5, 0.6) is 0 Å². The summed E-state index contributed by atoms with van der Waals surface area (Å²) in [5.41, 5.74) is 0.117. The Morgan fingerprint density at radius 2 is 2.06 bits per heavy atom. The third kappa shape index (κ3) is 5.18. The molecule has 2 aliphatic carbocycles. The van der Waals surface area contributed by atoms with E-state index in [4.69, 9.17) is 0 Å². The van der Waals surface area contributed by atoms with E-state index in [1.165, 1.54) is 31.6 Å². The molecule has 192 valence electrons. The van der Waals surface area contributed by atoms with E-state index in [0.717, 1.165) is 32.1 Å². The first-order chi connectivity index (χ1) is 16.4. The van der Waals surface area contributed by atoms with E-state index in [1.807, 2.05) is 0 Å². The predicted octanol–water partition coefficient (Wildman–Crippen LogP) is 6.44. The number of alkyl halides is 2. The van der Waals surface area contributed by atoms with Gasteiger partial charge in [-0.1, -0.05) is 37.6 Å². The predicted molar refractivity (Wildman–Crippen MR) is 129 cm³/mol. The minimum Gasteiger partial charge on any atom is -0.384 e. The number of aliphatic hydroxyl groups is 1. The average molecular weight is 491 g/mol. The molecule has 2 aliphatic rings. The van der Waals surface area contributed by atoms with Crippen molar-refractivity contribution in [2.75, 3.05) is 0 Å². The number of rotatable bonds is 8. The van der Waals surface area contributed by atoms with Gasteiger partial charge in [-0.2, -0.15) is 0 Å². The Morgan fingerprint density at radius 3 is 2.77 bits per heavy atom. The lowest BCUT2D eigenvalue weighted by molar-refractivity contribution is -0.168. The highest BCUT2D eigenvalue weighted by Gasteiger charge is 2.51. The highest BCUT2D eigenvalue weighted by Crippen LogP contribution is 2.60. The minimum atomic E-state index is -3.09. The number of allylic oxidation sites excluding steroid dienone is 2. The molecule has 0 radical (unpaired) electrons. The van der Waals surface area contributed by atoms with Gasteiger partial charge >= 0.3 is 0 Å². The first kappa shape index (κ1) is 25.9. The maximum atomic E-state index is 14.4. The SMILES string of the molecule is C[C@H](CCC(F)(F)C(C)(C)O)[C@H]1CC[C@H]2/C(=C/Cn3nnnc3-c3cccc(F)c3)CCC[C@]12C. The number of hydrogen-bond acceptors (Lipinski definition) is 4. The molecule has 2 fully saturated rings. The first-order valence-electron chi connectivity index (χ1n) is 12.7. The van der Waals surface area contributed by atoms with Crippen LogP contribution in [0.15, 0.2) is 35.9 Å². The molecule has 8 heteroatoms. The van der Waals surface area contributed by atoms with Crippen LogP contribution in [-0.2, 0) is 6.54 Å². The Morgan fingerprint density at radius 1 is 1.29 bits per heavy atom. The fourth-order valence-electron chi connectivity index (χ4n) is 6.54. The second kappa shape index (κ2) is 9.68. The Hall–Kier alpha value is -2.22. The van der Waals surface area contributed by atoms with Crippen LogP contribution in [0, 0.1) is 29.0 Å². The monoisotopic (exact) mass is 490 g/mol. The van der Waals surface area contributed by atoms with Crippen LogP contribution >= 0.6 is 0 Å². The molecule has 1 aromatic heterocycles. The summed E-state index contributed by atoms with van der Waals surface area (Å²) in [7, 11) is 0. The molecular weight excluding hydrogens is 453 g/mol. The van der Waals surface area contributed by atoms with E-state index < -0.39 is 11.5 Å². The highest BCUT2D eigenvalue weighted by atomic mass is 19.3. The lowest BCUT2D eigenvalue weighted by Crippen LogP contribution is -2.43. The van der Waals surface area contributed by atoms with E-state index >= 15 is 0 Å². The molecule has 0 saturated heterocycles. The summed E-state index contributed by atoms with van der Waals surface area (Å²) in [6, 6.07) is 6.26. The van der Waals surface area contributed by atoms with E-state index in [1.54, 1.807) is 16.8 Å². The molecular formula is C27H37F3N4O. The summed E-state index contributed by atoms with van der Waals surface area (Å²) in [6.07, 6.45) is 7.63. The molecule has 0 spiro atoms. The van der Waals surface area contributed by atoms with Gasteiger partial charge in [-0.05, 0) is 98.1 Å². The van der Waals surface area contributed by atoms with Gasteiger partial charge in [0.1, 0.15) is 11.4 Å². The summed E-state index contributed by atoms with van der Waals surface area (Å²) in [5.74, 6) is -1.92. The lowest BCUT2D eigenvalue weighted by Gasteiger charge is -2.44. The second-order valence-corrected chi connectivity index (χ2v) is 11.3. The van der Waals surface area contributed by atoms with Gasteiger partial charge in [0.2, 0.25) is 0 Å². The largest absolute Gasteiger partial charge is 0.384 e. The maximum Gasteiger partial charge on any atom is 0.275 e. The molecule has 1 N–H and O–H groups in total. The molecule has 0 aliphatic heterocycles. The summed E-state index contributed by atoms with van der Waals surface area (Å²) < 4.78 is 44.2. The van der Waals surface area contributed by atoms with Crippen molar-refractivity contribution in [1.82, 2.24) is 20.2 Å². The Balaban J connectivity index is 1.47. The van der Waals surface area contributed by atoms with Crippen molar-refractivity contribution < 1.29 is 18.3 Å². The zero-order chi connectivity index (χ0) is 25.4. The van der Waals surface area contributed by atoms with Crippen molar-refractivity contribution in [3.05, 3.63) is 41.7 Å². The molecule has 2 aromatic rings. The topological polar surface area (TPSA) is 63.8 Å². The van der Waals surface area contributed by atoms with Gasteiger partial charge in [0.05, 0.1) is 6.54 Å². The van der Waals surface area contributed by atoms with Crippen molar-refractivity contribution >= 4 is 0 Å². The van der Waals surface area contributed by atoms with Crippen LogP contribution in [-0.4, -0.2) is 36.8 Å². The van der Waals surface area contributed by atoms with Gasteiger partial charge in [0.15, 0.2) is 5.82 Å². The number of halogens is 3. The first-order valence-corrected chi connectivity index (χ1v) is 12.7. The normalized spacial score (nSPS) is 27.3. The molecule has 4 rings (SSSR count). The van der Waals surface area contributed by atoms with Gasteiger partial charge in [-0.15, -0.1) is 5.10 Å². The van der Waals surface area contributed by atoms with E-state index in [-0.39, 0.29) is 23.6 Å².